The minimum absolute atomic E-state index is 0.236. The maximum atomic E-state index is 13.2. The fraction of sp³-hybridized carbons (Fsp3) is 0.500. The molecule has 0 bridgehead atoms. The number of halogens is 1. The average Bonchev–Trinajstić information content (AvgIpc) is 2.76. The van der Waals surface area contributed by atoms with E-state index in [2.05, 4.69) is 0 Å². The van der Waals surface area contributed by atoms with Crippen LogP contribution in [0.2, 0.25) is 0 Å². The lowest BCUT2D eigenvalue weighted by atomic mass is 9.85. The van der Waals surface area contributed by atoms with Crippen LogP contribution in [-0.2, 0) is 4.74 Å². The summed E-state index contributed by atoms with van der Waals surface area (Å²) >= 11 is 0. The Labute approximate surface area is 118 Å². The monoisotopic (exact) mass is 280 g/mol. The molecule has 2 rings (SSSR count). The normalized spacial score (nSPS) is 15.5. The molecule has 20 heavy (non-hydrogen) atoms. The first-order valence-electron chi connectivity index (χ1n) is 6.81. The highest BCUT2D eigenvalue weighted by atomic mass is 19.1. The van der Waals surface area contributed by atoms with Crippen molar-refractivity contribution in [2.24, 2.45) is 5.41 Å². The molecule has 0 spiro atoms. The molecule has 1 heterocycles. The van der Waals surface area contributed by atoms with Gasteiger partial charge in [-0.15, -0.1) is 0 Å². The predicted octanol–water partition coefficient (Wildman–Crippen LogP) is 4.06. The number of fused-ring (bicyclic) bond motifs is 1. The smallest absolute Gasteiger partial charge is 0.138 e. The average molecular weight is 280 g/mol. The van der Waals surface area contributed by atoms with Gasteiger partial charge < -0.3 is 14.3 Å². The van der Waals surface area contributed by atoms with Crippen LogP contribution in [0.5, 0.6) is 0 Å². The summed E-state index contributed by atoms with van der Waals surface area (Å²) in [7, 11) is 0. The zero-order chi connectivity index (χ0) is 14.9. The molecule has 0 amide bonds. The van der Waals surface area contributed by atoms with Crippen molar-refractivity contribution >= 4 is 11.0 Å². The third kappa shape index (κ3) is 3.02. The second-order valence-electron chi connectivity index (χ2n) is 6.02. The van der Waals surface area contributed by atoms with Gasteiger partial charge in [0, 0.05) is 12.0 Å². The standard InChI is InChI=1S/C16H21FO3/c1-5-19-15(16(2,3)4)14(18)13-9-10-8-11(17)6-7-12(10)20-13/h6-9,14-15,18H,5H2,1-4H3. The second-order valence-corrected chi connectivity index (χ2v) is 6.02. The van der Waals surface area contributed by atoms with Gasteiger partial charge in [-0.3, -0.25) is 0 Å². The summed E-state index contributed by atoms with van der Waals surface area (Å²) in [6.07, 6.45) is -1.27. The van der Waals surface area contributed by atoms with E-state index in [1.54, 1.807) is 12.1 Å². The van der Waals surface area contributed by atoms with Crippen LogP contribution in [0.4, 0.5) is 4.39 Å². The van der Waals surface area contributed by atoms with Gasteiger partial charge in [0.2, 0.25) is 0 Å². The highest BCUT2D eigenvalue weighted by Crippen LogP contribution is 2.35. The van der Waals surface area contributed by atoms with Crippen LogP contribution in [0.1, 0.15) is 39.6 Å². The molecule has 110 valence electrons. The van der Waals surface area contributed by atoms with Gasteiger partial charge in [0.25, 0.3) is 0 Å². The Balaban J connectivity index is 2.35. The van der Waals surface area contributed by atoms with E-state index in [1.165, 1.54) is 12.1 Å². The Morgan fingerprint density at radius 3 is 2.60 bits per heavy atom. The van der Waals surface area contributed by atoms with Gasteiger partial charge in [0.15, 0.2) is 0 Å². The van der Waals surface area contributed by atoms with Crippen LogP contribution in [0.25, 0.3) is 11.0 Å². The topological polar surface area (TPSA) is 42.6 Å². The molecule has 0 aliphatic carbocycles. The van der Waals surface area contributed by atoms with Crippen LogP contribution >= 0.6 is 0 Å². The molecule has 0 fully saturated rings. The molecule has 0 saturated carbocycles. The molecule has 3 nitrogen and oxygen atoms in total. The van der Waals surface area contributed by atoms with Crippen molar-refractivity contribution in [3.05, 3.63) is 35.8 Å². The lowest BCUT2D eigenvalue weighted by Gasteiger charge is -2.33. The summed E-state index contributed by atoms with van der Waals surface area (Å²) in [5.74, 6) is 0.0792. The first kappa shape index (κ1) is 15.0. The summed E-state index contributed by atoms with van der Waals surface area (Å²) in [4.78, 5) is 0. The fourth-order valence-corrected chi connectivity index (χ4v) is 2.32. The van der Waals surface area contributed by atoms with Crippen LogP contribution in [0.3, 0.4) is 0 Å². The number of hydrogen-bond donors (Lipinski definition) is 1. The van der Waals surface area contributed by atoms with Gasteiger partial charge in [-0.1, -0.05) is 20.8 Å². The van der Waals surface area contributed by atoms with Crippen molar-refractivity contribution in [3.8, 4) is 0 Å². The van der Waals surface area contributed by atoms with Gasteiger partial charge in [0.05, 0.1) is 6.10 Å². The van der Waals surface area contributed by atoms with Crippen molar-refractivity contribution in [2.75, 3.05) is 6.61 Å². The quantitative estimate of drug-likeness (QED) is 0.918. The van der Waals surface area contributed by atoms with E-state index in [9.17, 15) is 9.50 Å². The van der Waals surface area contributed by atoms with Gasteiger partial charge >= 0.3 is 0 Å². The predicted molar refractivity (Wildman–Crippen MR) is 76.0 cm³/mol. The van der Waals surface area contributed by atoms with E-state index in [1.807, 2.05) is 27.7 Å². The molecule has 2 atom stereocenters. The van der Waals surface area contributed by atoms with Crippen molar-refractivity contribution in [1.29, 1.82) is 0 Å². The number of hydrogen-bond acceptors (Lipinski definition) is 3. The Bertz CT molecular complexity index is 583. The Kier molecular flexibility index (Phi) is 4.16. The Morgan fingerprint density at radius 2 is 2.00 bits per heavy atom. The molecular formula is C16H21FO3. The number of furan rings is 1. The molecule has 0 aliphatic rings. The zero-order valence-corrected chi connectivity index (χ0v) is 12.3. The molecular weight excluding hydrogens is 259 g/mol. The molecule has 2 unspecified atom stereocenters. The molecule has 1 aromatic heterocycles. The number of ether oxygens (including phenoxy) is 1. The molecule has 0 aliphatic heterocycles. The van der Waals surface area contributed by atoms with Crippen LogP contribution in [-0.4, -0.2) is 17.8 Å². The maximum Gasteiger partial charge on any atom is 0.138 e. The lowest BCUT2D eigenvalue weighted by molar-refractivity contribution is -0.0959. The summed E-state index contributed by atoms with van der Waals surface area (Å²) in [5.41, 5.74) is 0.323. The second kappa shape index (κ2) is 5.54. The summed E-state index contributed by atoms with van der Waals surface area (Å²) < 4.78 is 24.5. The first-order chi connectivity index (χ1) is 9.32. The van der Waals surface area contributed by atoms with Crippen LogP contribution < -0.4 is 0 Å². The van der Waals surface area contributed by atoms with E-state index < -0.39 is 12.2 Å². The largest absolute Gasteiger partial charge is 0.458 e. The summed E-state index contributed by atoms with van der Waals surface area (Å²) in [5, 5.41) is 11.1. The highest BCUT2D eigenvalue weighted by Gasteiger charge is 2.34. The molecule has 0 saturated heterocycles. The highest BCUT2D eigenvalue weighted by molar-refractivity contribution is 5.77. The SMILES string of the molecule is CCOC(C(O)c1cc2cc(F)ccc2o1)C(C)(C)C. The number of rotatable bonds is 4. The van der Waals surface area contributed by atoms with E-state index in [0.29, 0.717) is 23.3 Å². The maximum absolute atomic E-state index is 13.2. The van der Waals surface area contributed by atoms with E-state index >= 15 is 0 Å². The van der Waals surface area contributed by atoms with Crippen molar-refractivity contribution in [3.63, 3.8) is 0 Å². The van der Waals surface area contributed by atoms with Crippen molar-refractivity contribution < 1.29 is 18.7 Å². The Hall–Kier alpha value is -1.39. The minimum Gasteiger partial charge on any atom is -0.458 e. The van der Waals surface area contributed by atoms with Crippen molar-refractivity contribution in [2.45, 2.75) is 39.9 Å². The lowest BCUT2D eigenvalue weighted by Crippen LogP contribution is -2.35. The molecule has 2 aromatic rings. The van der Waals surface area contributed by atoms with E-state index in [0.717, 1.165) is 0 Å². The van der Waals surface area contributed by atoms with Gasteiger partial charge in [0.1, 0.15) is 23.3 Å². The van der Waals surface area contributed by atoms with E-state index in [4.69, 9.17) is 9.15 Å². The number of aliphatic hydroxyl groups is 1. The number of benzene rings is 1. The Morgan fingerprint density at radius 1 is 1.30 bits per heavy atom. The van der Waals surface area contributed by atoms with Crippen LogP contribution in [0, 0.1) is 11.2 Å². The fourth-order valence-electron chi connectivity index (χ4n) is 2.32. The molecule has 4 heteroatoms. The first-order valence-corrected chi connectivity index (χ1v) is 6.81. The van der Waals surface area contributed by atoms with Crippen LogP contribution in [0.15, 0.2) is 28.7 Å². The van der Waals surface area contributed by atoms with E-state index in [-0.39, 0.29) is 11.2 Å². The molecule has 1 aromatic carbocycles. The van der Waals surface area contributed by atoms with Gasteiger partial charge in [-0.25, -0.2) is 4.39 Å². The van der Waals surface area contributed by atoms with Crippen molar-refractivity contribution in [1.82, 2.24) is 0 Å². The summed E-state index contributed by atoms with van der Waals surface area (Å²) in [6.45, 7) is 8.39. The van der Waals surface area contributed by atoms with Gasteiger partial charge in [-0.05, 0) is 36.6 Å². The minimum atomic E-state index is -0.884. The number of aliphatic hydroxyl groups excluding tert-OH is 1. The van der Waals surface area contributed by atoms with Gasteiger partial charge in [-0.2, -0.15) is 0 Å². The summed E-state index contributed by atoms with van der Waals surface area (Å²) in [6, 6.07) is 5.96. The molecule has 1 N–H and O–H groups in total. The third-order valence-corrected chi connectivity index (χ3v) is 3.28. The molecule has 0 radical (unpaired) electrons. The third-order valence-electron chi connectivity index (χ3n) is 3.28. The zero-order valence-electron chi connectivity index (χ0n) is 12.3.